The summed E-state index contributed by atoms with van der Waals surface area (Å²) < 4.78 is 5.28. The van der Waals surface area contributed by atoms with Crippen LogP contribution >= 0.6 is 11.8 Å². The van der Waals surface area contributed by atoms with Crippen LogP contribution in [0.4, 0.5) is 5.69 Å². The number of hydrogen-bond acceptors (Lipinski definition) is 4. The normalized spacial score (nSPS) is 22.7. The third-order valence-electron chi connectivity index (χ3n) is 4.54. The Kier molecular flexibility index (Phi) is 3.46. The van der Waals surface area contributed by atoms with Crippen LogP contribution in [-0.2, 0) is 9.67 Å². The third kappa shape index (κ3) is 1.89. The average Bonchev–Trinajstić information content (AvgIpc) is 3.28. The van der Waals surface area contributed by atoms with Gasteiger partial charge in [0.15, 0.2) is 10.6 Å². The second-order valence-electron chi connectivity index (χ2n) is 6.21. The number of carbonyl (C=O) groups excluding carboxylic acids is 2. The van der Waals surface area contributed by atoms with Gasteiger partial charge in [-0.05, 0) is 32.0 Å². The van der Waals surface area contributed by atoms with E-state index in [2.05, 4.69) is 0 Å². The highest BCUT2D eigenvalue weighted by atomic mass is 32.2. The summed E-state index contributed by atoms with van der Waals surface area (Å²) in [5.74, 6) is 0.711. The van der Waals surface area contributed by atoms with Crippen molar-refractivity contribution in [3.8, 4) is 0 Å². The number of thioether (sulfide) groups is 1. The van der Waals surface area contributed by atoms with Crippen LogP contribution in [0, 0.1) is 0 Å². The predicted octanol–water partition coefficient (Wildman–Crippen LogP) is 3.08. The molecule has 1 saturated heterocycles. The molecule has 0 N–H and O–H groups in total. The van der Waals surface area contributed by atoms with Crippen LogP contribution < -0.4 is 4.90 Å². The van der Waals surface area contributed by atoms with Gasteiger partial charge >= 0.3 is 0 Å². The minimum absolute atomic E-state index is 0.0276. The third-order valence-corrected chi connectivity index (χ3v) is 5.96. The standard InChI is InChI=1S/C18H18N2O3S/c1-12(2)20-14-7-4-3-6-13(14)18(17(20)22)19(9-11-24-18)16(21)15-8-5-10-23-15/h3-8,10,12H,9,11H2,1-2H3. The van der Waals surface area contributed by atoms with Gasteiger partial charge in [-0.3, -0.25) is 9.59 Å². The topological polar surface area (TPSA) is 53.8 Å². The van der Waals surface area contributed by atoms with Crippen molar-refractivity contribution in [3.63, 3.8) is 0 Å². The van der Waals surface area contributed by atoms with Crippen molar-refractivity contribution in [2.45, 2.75) is 24.8 Å². The number of carbonyl (C=O) groups is 2. The maximum absolute atomic E-state index is 13.4. The van der Waals surface area contributed by atoms with Crippen molar-refractivity contribution in [3.05, 3.63) is 54.0 Å². The lowest BCUT2D eigenvalue weighted by atomic mass is 10.1. The van der Waals surface area contributed by atoms with Crippen molar-refractivity contribution < 1.29 is 14.0 Å². The van der Waals surface area contributed by atoms with E-state index in [1.54, 1.807) is 21.9 Å². The SMILES string of the molecule is CC(C)N1C(=O)C2(SCCN2C(=O)c2ccco2)c2ccccc21. The highest BCUT2D eigenvalue weighted by molar-refractivity contribution is 8.01. The largest absolute Gasteiger partial charge is 0.459 e. The predicted molar refractivity (Wildman–Crippen MR) is 92.9 cm³/mol. The van der Waals surface area contributed by atoms with Gasteiger partial charge in [-0.25, -0.2) is 0 Å². The first kappa shape index (κ1) is 15.3. The molecule has 4 rings (SSSR count). The molecular weight excluding hydrogens is 324 g/mol. The fraction of sp³-hybridized carbons (Fsp3) is 0.333. The van der Waals surface area contributed by atoms with Gasteiger partial charge in [0.1, 0.15) is 0 Å². The molecule has 0 radical (unpaired) electrons. The summed E-state index contributed by atoms with van der Waals surface area (Å²) in [5.41, 5.74) is 1.79. The van der Waals surface area contributed by atoms with E-state index in [4.69, 9.17) is 4.42 Å². The van der Waals surface area contributed by atoms with Crippen LogP contribution in [0.3, 0.4) is 0 Å². The Labute approximate surface area is 144 Å². The highest BCUT2D eigenvalue weighted by Gasteiger charge is 2.60. The summed E-state index contributed by atoms with van der Waals surface area (Å²) in [7, 11) is 0. The van der Waals surface area contributed by atoms with Gasteiger partial charge in [-0.15, -0.1) is 11.8 Å². The first-order valence-corrected chi connectivity index (χ1v) is 8.98. The Balaban J connectivity index is 1.86. The first-order valence-electron chi connectivity index (χ1n) is 8.00. The maximum atomic E-state index is 13.4. The van der Waals surface area contributed by atoms with Gasteiger partial charge < -0.3 is 14.2 Å². The molecule has 124 valence electrons. The van der Waals surface area contributed by atoms with Gasteiger partial charge in [-0.2, -0.15) is 0 Å². The Morgan fingerprint density at radius 3 is 2.75 bits per heavy atom. The quantitative estimate of drug-likeness (QED) is 0.842. The molecule has 2 aliphatic heterocycles. The zero-order valence-corrected chi connectivity index (χ0v) is 14.4. The van der Waals surface area contributed by atoms with E-state index in [-0.39, 0.29) is 23.6 Å². The van der Waals surface area contributed by atoms with Crippen LogP contribution in [0.2, 0.25) is 0 Å². The molecule has 0 saturated carbocycles. The van der Waals surface area contributed by atoms with E-state index in [0.29, 0.717) is 6.54 Å². The molecule has 1 atom stereocenters. The van der Waals surface area contributed by atoms with Crippen LogP contribution in [0.1, 0.15) is 30.0 Å². The fourth-order valence-electron chi connectivity index (χ4n) is 3.57. The van der Waals surface area contributed by atoms with Crippen molar-refractivity contribution in [2.75, 3.05) is 17.2 Å². The molecule has 0 bridgehead atoms. The van der Waals surface area contributed by atoms with Gasteiger partial charge in [0.25, 0.3) is 11.8 Å². The molecule has 2 aliphatic rings. The van der Waals surface area contributed by atoms with E-state index in [0.717, 1.165) is 17.0 Å². The van der Waals surface area contributed by atoms with Crippen molar-refractivity contribution in [2.24, 2.45) is 0 Å². The van der Waals surface area contributed by atoms with Crippen LogP contribution in [-0.4, -0.2) is 35.1 Å². The van der Waals surface area contributed by atoms with Crippen LogP contribution in [0.5, 0.6) is 0 Å². The van der Waals surface area contributed by atoms with Crippen molar-refractivity contribution >= 4 is 29.3 Å². The molecular formula is C18H18N2O3S. The first-order chi connectivity index (χ1) is 11.6. The zero-order chi connectivity index (χ0) is 16.9. The van der Waals surface area contributed by atoms with Crippen LogP contribution in [0.25, 0.3) is 0 Å². The second-order valence-corrected chi connectivity index (χ2v) is 7.50. The number of amides is 2. The van der Waals surface area contributed by atoms with E-state index in [1.165, 1.54) is 18.0 Å². The summed E-state index contributed by atoms with van der Waals surface area (Å²) in [5, 5.41) is 0. The molecule has 1 aromatic heterocycles. The molecule has 3 heterocycles. The Morgan fingerprint density at radius 2 is 2.04 bits per heavy atom. The molecule has 0 aliphatic carbocycles. The number of anilines is 1. The van der Waals surface area contributed by atoms with Crippen molar-refractivity contribution in [1.82, 2.24) is 4.90 Å². The van der Waals surface area contributed by atoms with Crippen LogP contribution in [0.15, 0.2) is 47.1 Å². The Bertz CT molecular complexity index is 802. The van der Waals surface area contributed by atoms with E-state index in [1.807, 2.05) is 38.1 Å². The summed E-state index contributed by atoms with van der Waals surface area (Å²) in [4.78, 5) is 28.8. The van der Waals surface area contributed by atoms with Gasteiger partial charge in [0.05, 0.1) is 12.0 Å². The minimum Gasteiger partial charge on any atom is -0.459 e. The van der Waals surface area contributed by atoms with E-state index in [9.17, 15) is 9.59 Å². The number of fused-ring (bicyclic) bond motifs is 2. The lowest BCUT2D eigenvalue weighted by Gasteiger charge is -2.33. The zero-order valence-electron chi connectivity index (χ0n) is 13.6. The number of furan rings is 1. The smallest absolute Gasteiger partial charge is 0.291 e. The molecule has 1 aromatic carbocycles. The lowest BCUT2D eigenvalue weighted by molar-refractivity contribution is -0.123. The Morgan fingerprint density at radius 1 is 1.25 bits per heavy atom. The summed E-state index contributed by atoms with van der Waals surface area (Å²) in [6, 6.07) is 11.1. The number of para-hydroxylation sites is 1. The van der Waals surface area contributed by atoms with Gasteiger partial charge in [0, 0.05) is 23.9 Å². The maximum Gasteiger partial charge on any atom is 0.291 e. The fourth-order valence-corrected chi connectivity index (χ4v) is 5.02. The summed E-state index contributed by atoms with van der Waals surface area (Å²) in [6.07, 6.45) is 1.48. The second kappa shape index (κ2) is 5.41. The molecule has 24 heavy (non-hydrogen) atoms. The number of rotatable bonds is 2. The molecule has 1 fully saturated rings. The lowest BCUT2D eigenvalue weighted by Crippen LogP contribution is -2.51. The van der Waals surface area contributed by atoms with Crippen molar-refractivity contribution in [1.29, 1.82) is 0 Å². The molecule has 1 spiro atoms. The number of benzene rings is 1. The molecule has 5 nitrogen and oxygen atoms in total. The molecule has 2 amide bonds. The monoisotopic (exact) mass is 342 g/mol. The molecule has 1 unspecified atom stereocenters. The number of hydrogen-bond donors (Lipinski definition) is 0. The minimum atomic E-state index is -0.981. The summed E-state index contributed by atoms with van der Waals surface area (Å²) >= 11 is 1.53. The van der Waals surface area contributed by atoms with E-state index >= 15 is 0 Å². The Hall–Kier alpha value is -2.21. The van der Waals surface area contributed by atoms with Gasteiger partial charge in [-0.1, -0.05) is 18.2 Å². The summed E-state index contributed by atoms with van der Waals surface area (Å²) in [6.45, 7) is 4.51. The molecule has 2 aromatic rings. The number of nitrogens with zero attached hydrogens (tertiary/aromatic N) is 2. The average molecular weight is 342 g/mol. The highest BCUT2D eigenvalue weighted by Crippen LogP contribution is 2.54. The molecule has 6 heteroatoms. The van der Waals surface area contributed by atoms with Gasteiger partial charge in [0.2, 0.25) is 0 Å². The van der Waals surface area contributed by atoms with E-state index < -0.39 is 4.87 Å².